The van der Waals surface area contributed by atoms with Crippen molar-refractivity contribution in [2.75, 3.05) is 16.8 Å². The largest absolute Gasteiger partial charge is 0.369 e. The number of nitrogens with zero attached hydrogens (tertiary/aromatic N) is 1. The van der Waals surface area contributed by atoms with E-state index in [0.717, 1.165) is 12.2 Å². The van der Waals surface area contributed by atoms with Gasteiger partial charge in [0.1, 0.15) is 0 Å². The molecule has 0 spiro atoms. The third-order valence-corrected chi connectivity index (χ3v) is 4.98. The summed E-state index contributed by atoms with van der Waals surface area (Å²) in [5.74, 6) is -0.240. The third kappa shape index (κ3) is 3.85. The molecule has 0 aliphatic carbocycles. The molecular formula is C19H20Cl2N2O. The number of halogens is 2. The van der Waals surface area contributed by atoms with Gasteiger partial charge in [0.2, 0.25) is 0 Å². The molecule has 5 heteroatoms. The molecule has 0 saturated carbocycles. The summed E-state index contributed by atoms with van der Waals surface area (Å²) >= 11 is 11.9. The van der Waals surface area contributed by atoms with Gasteiger partial charge in [0.25, 0.3) is 5.91 Å². The van der Waals surface area contributed by atoms with Crippen LogP contribution in [0.15, 0.2) is 42.5 Å². The zero-order chi connectivity index (χ0) is 17.1. The highest BCUT2D eigenvalue weighted by atomic mass is 35.5. The third-order valence-electron chi connectivity index (χ3n) is 4.44. The lowest BCUT2D eigenvalue weighted by Crippen LogP contribution is -2.37. The van der Waals surface area contributed by atoms with Gasteiger partial charge in [-0.25, -0.2) is 0 Å². The van der Waals surface area contributed by atoms with Crippen molar-refractivity contribution >= 4 is 40.5 Å². The van der Waals surface area contributed by atoms with Crippen molar-refractivity contribution in [2.24, 2.45) is 0 Å². The van der Waals surface area contributed by atoms with E-state index in [1.807, 2.05) is 12.1 Å². The van der Waals surface area contributed by atoms with Gasteiger partial charge >= 0.3 is 0 Å². The summed E-state index contributed by atoms with van der Waals surface area (Å²) in [5, 5.41) is 3.73. The number of carbonyl (C=O) groups excluding carboxylic acids is 1. The molecule has 1 saturated heterocycles. The quantitative estimate of drug-likeness (QED) is 0.767. The molecule has 0 bridgehead atoms. The van der Waals surface area contributed by atoms with Crippen LogP contribution in [0.2, 0.25) is 10.0 Å². The number of anilines is 2. The van der Waals surface area contributed by atoms with Gasteiger partial charge in [-0.3, -0.25) is 4.79 Å². The number of piperidine rings is 1. The van der Waals surface area contributed by atoms with E-state index in [4.69, 9.17) is 23.2 Å². The topological polar surface area (TPSA) is 32.3 Å². The second-order valence-corrected chi connectivity index (χ2v) is 7.01. The molecule has 2 aromatic carbocycles. The van der Waals surface area contributed by atoms with Gasteiger partial charge in [-0.15, -0.1) is 0 Å². The average molecular weight is 363 g/mol. The van der Waals surface area contributed by atoms with Crippen LogP contribution in [-0.4, -0.2) is 18.5 Å². The van der Waals surface area contributed by atoms with Crippen LogP contribution < -0.4 is 10.2 Å². The summed E-state index contributed by atoms with van der Waals surface area (Å²) < 4.78 is 0. The Hall–Kier alpha value is -1.71. The van der Waals surface area contributed by atoms with Crippen LogP contribution in [0.1, 0.15) is 36.5 Å². The molecule has 3 rings (SSSR count). The van der Waals surface area contributed by atoms with Gasteiger partial charge in [-0.2, -0.15) is 0 Å². The van der Waals surface area contributed by atoms with Gasteiger partial charge in [0, 0.05) is 29.0 Å². The molecule has 3 nitrogen and oxygen atoms in total. The molecule has 1 amide bonds. The maximum Gasteiger partial charge on any atom is 0.257 e. The van der Waals surface area contributed by atoms with Gasteiger partial charge in [0.15, 0.2) is 0 Å². The molecule has 1 fully saturated rings. The highest BCUT2D eigenvalue weighted by Gasteiger charge is 2.18. The number of hydrogen-bond donors (Lipinski definition) is 1. The second kappa shape index (κ2) is 7.45. The maximum atomic E-state index is 12.3. The second-order valence-electron chi connectivity index (χ2n) is 6.16. The fourth-order valence-corrected chi connectivity index (χ4v) is 3.58. The van der Waals surface area contributed by atoms with Crippen LogP contribution in [0, 0.1) is 0 Å². The van der Waals surface area contributed by atoms with Crippen molar-refractivity contribution in [3.05, 3.63) is 58.1 Å². The molecule has 1 atom stereocenters. The van der Waals surface area contributed by atoms with E-state index in [1.165, 1.54) is 24.9 Å². The zero-order valence-electron chi connectivity index (χ0n) is 13.6. The molecular weight excluding hydrogens is 343 g/mol. The Morgan fingerprint density at radius 1 is 1.12 bits per heavy atom. The van der Waals surface area contributed by atoms with Crippen LogP contribution >= 0.6 is 23.2 Å². The highest BCUT2D eigenvalue weighted by Crippen LogP contribution is 2.26. The standard InChI is InChI=1S/C19H20Cl2N2O/c1-13-4-2-3-11-23(13)16-8-6-15(7-9-16)22-19(24)17-10-5-14(20)12-18(17)21/h5-10,12-13H,2-4,11H2,1H3,(H,22,24)/t13-/m0/s1. The number of rotatable bonds is 3. The lowest BCUT2D eigenvalue weighted by atomic mass is 10.0. The fourth-order valence-electron chi connectivity index (χ4n) is 3.09. The van der Waals surface area contributed by atoms with Crippen LogP contribution in [0.4, 0.5) is 11.4 Å². The van der Waals surface area contributed by atoms with Crippen LogP contribution in [-0.2, 0) is 0 Å². The first kappa shape index (κ1) is 17.1. The number of carbonyl (C=O) groups is 1. The predicted octanol–water partition coefficient (Wildman–Crippen LogP) is 5.62. The van der Waals surface area contributed by atoms with E-state index in [2.05, 4.69) is 29.3 Å². The van der Waals surface area contributed by atoms with Gasteiger partial charge in [-0.1, -0.05) is 23.2 Å². The molecule has 0 aromatic heterocycles. The van der Waals surface area contributed by atoms with E-state index >= 15 is 0 Å². The first-order valence-electron chi connectivity index (χ1n) is 8.18. The Kier molecular flexibility index (Phi) is 5.32. The van der Waals surface area contributed by atoms with Crippen molar-refractivity contribution < 1.29 is 4.79 Å². The molecule has 0 radical (unpaired) electrons. The predicted molar refractivity (Wildman–Crippen MR) is 102 cm³/mol. The number of nitrogens with one attached hydrogen (secondary N) is 1. The molecule has 1 aliphatic rings. The zero-order valence-corrected chi connectivity index (χ0v) is 15.1. The van der Waals surface area contributed by atoms with E-state index in [1.54, 1.807) is 18.2 Å². The van der Waals surface area contributed by atoms with Gasteiger partial charge in [-0.05, 0) is 68.7 Å². The van der Waals surface area contributed by atoms with E-state index in [9.17, 15) is 4.79 Å². The lowest BCUT2D eigenvalue weighted by Gasteiger charge is -2.35. The summed E-state index contributed by atoms with van der Waals surface area (Å²) in [7, 11) is 0. The summed E-state index contributed by atoms with van der Waals surface area (Å²) in [6.45, 7) is 3.35. The van der Waals surface area contributed by atoms with Crippen LogP contribution in [0.3, 0.4) is 0 Å². The fraction of sp³-hybridized carbons (Fsp3) is 0.316. The van der Waals surface area contributed by atoms with Gasteiger partial charge in [0.05, 0.1) is 10.6 Å². The molecule has 1 N–H and O–H groups in total. The first-order valence-corrected chi connectivity index (χ1v) is 8.93. The van der Waals surface area contributed by atoms with E-state index in [-0.39, 0.29) is 5.91 Å². The Balaban J connectivity index is 1.70. The van der Waals surface area contributed by atoms with E-state index in [0.29, 0.717) is 21.7 Å². The number of benzene rings is 2. The summed E-state index contributed by atoms with van der Waals surface area (Å²) in [6.07, 6.45) is 3.76. The first-order chi connectivity index (χ1) is 11.5. The smallest absolute Gasteiger partial charge is 0.257 e. The van der Waals surface area contributed by atoms with Crippen molar-refractivity contribution in [1.82, 2.24) is 0 Å². The molecule has 0 unspecified atom stereocenters. The molecule has 126 valence electrons. The minimum Gasteiger partial charge on any atom is -0.369 e. The monoisotopic (exact) mass is 362 g/mol. The van der Waals surface area contributed by atoms with Crippen LogP contribution in [0.25, 0.3) is 0 Å². The minimum absolute atomic E-state index is 0.240. The summed E-state index contributed by atoms with van der Waals surface area (Å²) in [6, 6.07) is 13.4. The lowest BCUT2D eigenvalue weighted by molar-refractivity contribution is 0.102. The van der Waals surface area contributed by atoms with Crippen molar-refractivity contribution in [3.8, 4) is 0 Å². The van der Waals surface area contributed by atoms with Crippen molar-refractivity contribution in [1.29, 1.82) is 0 Å². The molecule has 1 aliphatic heterocycles. The Morgan fingerprint density at radius 2 is 1.88 bits per heavy atom. The average Bonchev–Trinajstić information content (AvgIpc) is 2.56. The Labute approximate surface area is 152 Å². The normalized spacial score (nSPS) is 17.6. The number of hydrogen-bond acceptors (Lipinski definition) is 2. The number of amides is 1. The van der Waals surface area contributed by atoms with Crippen LogP contribution in [0.5, 0.6) is 0 Å². The summed E-state index contributed by atoms with van der Waals surface area (Å²) in [4.78, 5) is 14.8. The maximum absolute atomic E-state index is 12.3. The van der Waals surface area contributed by atoms with Crippen molar-refractivity contribution in [3.63, 3.8) is 0 Å². The van der Waals surface area contributed by atoms with Gasteiger partial charge < -0.3 is 10.2 Å². The highest BCUT2D eigenvalue weighted by molar-refractivity contribution is 6.37. The SMILES string of the molecule is C[C@H]1CCCCN1c1ccc(NC(=O)c2ccc(Cl)cc2Cl)cc1. The molecule has 1 heterocycles. The van der Waals surface area contributed by atoms with Crippen molar-refractivity contribution in [2.45, 2.75) is 32.2 Å². The Morgan fingerprint density at radius 3 is 2.54 bits per heavy atom. The Bertz CT molecular complexity index is 731. The van der Waals surface area contributed by atoms with E-state index < -0.39 is 0 Å². The molecule has 2 aromatic rings. The summed E-state index contributed by atoms with van der Waals surface area (Å²) in [5.41, 5.74) is 2.36. The molecule has 24 heavy (non-hydrogen) atoms. The minimum atomic E-state index is -0.240.